The van der Waals surface area contributed by atoms with Crippen LogP contribution in [0.15, 0.2) is 54.9 Å². The summed E-state index contributed by atoms with van der Waals surface area (Å²) < 4.78 is 14.9. The number of benzene rings is 2. The lowest BCUT2D eigenvalue weighted by Gasteiger charge is -2.07. The van der Waals surface area contributed by atoms with Gasteiger partial charge >= 0.3 is 0 Å². The van der Waals surface area contributed by atoms with Gasteiger partial charge in [0.05, 0.1) is 28.9 Å². The summed E-state index contributed by atoms with van der Waals surface area (Å²) in [7, 11) is 0. The first-order chi connectivity index (χ1) is 13.6. The Labute approximate surface area is 166 Å². The Morgan fingerprint density at radius 3 is 2.61 bits per heavy atom. The van der Waals surface area contributed by atoms with Gasteiger partial charge in [0.25, 0.3) is 0 Å². The number of hydrogen-bond acceptors (Lipinski definition) is 4. The van der Waals surface area contributed by atoms with Gasteiger partial charge in [0.2, 0.25) is 11.8 Å². The predicted octanol–water partition coefficient (Wildman–Crippen LogP) is 3.05. The lowest BCUT2D eigenvalue weighted by molar-refractivity contribution is -0.118. The van der Waals surface area contributed by atoms with E-state index in [-0.39, 0.29) is 29.1 Å². The molecule has 0 aliphatic carbocycles. The first-order valence-electron chi connectivity index (χ1n) is 8.91. The standard InChI is InChI=1S/C20H21FN4O2S/c21-15-6-8-16(9-7-15)24-20(27)13-28-12-19(26)22-10-3-11-25-14-23-17-4-1-2-5-18(17)25/h1-2,4-9,14H,3,10-13H2,(H,22,26)(H,24,27). The average Bonchev–Trinajstić information content (AvgIpc) is 3.10. The van der Waals surface area contributed by atoms with Gasteiger partial charge in [-0.2, -0.15) is 0 Å². The summed E-state index contributed by atoms with van der Waals surface area (Å²) in [4.78, 5) is 28.0. The van der Waals surface area contributed by atoms with Crippen molar-refractivity contribution in [1.82, 2.24) is 14.9 Å². The second kappa shape index (κ2) is 9.89. The monoisotopic (exact) mass is 400 g/mol. The van der Waals surface area contributed by atoms with Crippen molar-refractivity contribution in [2.75, 3.05) is 23.4 Å². The first-order valence-corrected chi connectivity index (χ1v) is 10.1. The maximum Gasteiger partial charge on any atom is 0.234 e. The van der Waals surface area contributed by atoms with Crippen molar-refractivity contribution in [1.29, 1.82) is 0 Å². The number of carbonyl (C=O) groups excluding carboxylic acids is 2. The molecule has 1 aromatic heterocycles. The Balaban J connectivity index is 1.29. The Bertz CT molecular complexity index is 943. The molecule has 3 rings (SSSR count). The summed E-state index contributed by atoms with van der Waals surface area (Å²) in [6, 6.07) is 13.5. The van der Waals surface area contributed by atoms with Gasteiger partial charge in [-0.15, -0.1) is 11.8 Å². The highest BCUT2D eigenvalue weighted by Gasteiger charge is 2.06. The molecule has 2 amide bonds. The third-order valence-corrected chi connectivity index (χ3v) is 4.95. The summed E-state index contributed by atoms with van der Waals surface area (Å²) in [5.41, 5.74) is 2.57. The van der Waals surface area contributed by atoms with Crippen molar-refractivity contribution in [3.8, 4) is 0 Å². The molecule has 0 fully saturated rings. The number of nitrogens with zero attached hydrogens (tertiary/aromatic N) is 2. The summed E-state index contributed by atoms with van der Waals surface area (Å²) in [5.74, 6) is -0.312. The number of anilines is 1. The second-order valence-corrected chi connectivity index (χ2v) is 7.16. The van der Waals surface area contributed by atoms with Gasteiger partial charge < -0.3 is 15.2 Å². The number of amides is 2. The van der Waals surface area contributed by atoms with Crippen molar-refractivity contribution < 1.29 is 14.0 Å². The highest BCUT2D eigenvalue weighted by atomic mass is 32.2. The number of aromatic nitrogens is 2. The minimum atomic E-state index is -0.356. The minimum Gasteiger partial charge on any atom is -0.355 e. The molecule has 146 valence electrons. The minimum absolute atomic E-state index is 0.102. The van der Waals surface area contributed by atoms with E-state index in [1.165, 1.54) is 36.0 Å². The number of fused-ring (bicyclic) bond motifs is 1. The number of thioether (sulfide) groups is 1. The fourth-order valence-corrected chi connectivity index (χ4v) is 3.33. The van der Waals surface area contributed by atoms with E-state index in [1.54, 1.807) is 0 Å². The third kappa shape index (κ3) is 5.82. The average molecular weight is 400 g/mol. The predicted molar refractivity (Wildman–Crippen MR) is 110 cm³/mol. The number of carbonyl (C=O) groups is 2. The van der Waals surface area contributed by atoms with Crippen LogP contribution in [0, 0.1) is 5.82 Å². The zero-order valence-electron chi connectivity index (χ0n) is 15.2. The molecule has 0 aliphatic heterocycles. The van der Waals surface area contributed by atoms with E-state index < -0.39 is 0 Å². The molecule has 8 heteroatoms. The van der Waals surface area contributed by atoms with Gasteiger partial charge in [-0.25, -0.2) is 9.37 Å². The molecule has 0 saturated heterocycles. The number of nitrogens with one attached hydrogen (secondary N) is 2. The van der Waals surface area contributed by atoms with E-state index in [9.17, 15) is 14.0 Å². The zero-order chi connectivity index (χ0) is 19.8. The van der Waals surface area contributed by atoms with Crippen LogP contribution >= 0.6 is 11.8 Å². The van der Waals surface area contributed by atoms with Gasteiger partial charge in [0.1, 0.15) is 5.82 Å². The largest absolute Gasteiger partial charge is 0.355 e. The topological polar surface area (TPSA) is 76.0 Å². The molecule has 0 aliphatic rings. The van der Waals surface area contributed by atoms with E-state index in [0.29, 0.717) is 12.2 Å². The van der Waals surface area contributed by atoms with Crippen LogP contribution in [0.4, 0.5) is 10.1 Å². The molecular weight excluding hydrogens is 379 g/mol. The number of rotatable bonds is 9. The van der Waals surface area contributed by atoms with Crippen LogP contribution in [-0.4, -0.2) is 39.4 Å². The number of hydrogen-bond donors (Lipinski definition) is 2. The zero-order valence-corrected chi connectivity index (χ0v) is 16.0. The van der Waals surface area contributed by atoms with E-state index in [0.717, 1.165) is 24.0 Å². The number of halogens is 1. The highest BCUT2D eigenvalue weighted by Crippen LogP contribution is 2.12. The quantitative estimate of drug-likeness (QED) is 0.542. The summed E-state index contributed by atoms with van der Waals surface area (Å²) in [6.45, 7) is 1.34. The molecule has 2 N–H and O–H groups in total. The molecule has 0 spiro atoms. The molecular formula is C20H21FN4O2S. The SMILES string of the molecule is O=C(CSCC(=O)Nc1ccc(F)cc1)NCCCn1cnc2ccccc21. The number of imidazole rings is 1. The smallest absolute Gasteiger partial charge is 0.234 e. The van der Waals surface area contributed by atoms with E-state index in [2.05, 4.69) is 20.2 Å². The fraction of sp³-hybridized carbons (Fsp3) is 0.250. The Kier molecular flexibility index (Phi) is 7.02. The van der Waals surface area contributed by atoms with Crippen molar-refractivity contribution in [2.24, 2.45) is 0 Å². The van der Waals surface area contributed by atoms with Gasteiger partial charge in [0, 0.05) is 18.8 Å². The first kappa shape index (κ1) is 19.9. The van der Waals surface area contributed by atoms with E-state index in [1.807, 2.05) is 30.6 Å². The van der Waals surface area contributed by atoms with Crippen LogP contribution in [0.25, 0.3) is 11.0 Å². The molecule has 0 unspecified atom stereocenters. The summed E-state index contributed by atoms with van der Waals surface area (Å²) in [5, 5.41) is 5.51. The van der Waals surface area contributed by atoms with E-state index in [4.69, 9.17) is 0 Å². The van der Waals surface area contributed by atoms with Crippen LogP contribution in [0.3, 0.4) is 0 Å². The number of aryl methyl sites for hydroxylation is 1. The molecule has 6 nitrogen and oxygen atoms in total. The summed E-state index contributed by atoms with van der Waals surface area (Å²) >= 11 is 1.24. The molecule has 0 saturated carbocycles. The highest BCUT2D eigenvalue weighted by molar-refractivity contribution is 8.00. The van der Waals surface area contributed by atoms with Crippen LogP contribution in [0.2, 0.25) is 0 Å². The van der Waals surface area contributed by atoms with Crippen molar-refractivity contribution in [3.05, 3.63) is 60.7 Å². The van der Waals surface area contributed by atoms with E-state index >= 15 is 0 Å². The van der Waals surface area contributed by atoms with Crippen molar-refractivity contribution in [3.63, 3.8) is 0 Å². The van der Waals surface area contributed by atoms with Crippen molar-refractivity contribution >= 4 is 40.3 Å². The fourth-order valence-electron chi connectivity index (χ4n) is 2.68. The second-order valence-electron chi connectivity index (χ2n) is 6.18. The normalized spacial score (nSPS) is 10.8. The van der Waals surface area contributed by atoms with Gasteiger partial charge in [-0.3, -0.25) is 9.59 Å². The molecule has 2 aromatic carbocycles. The lowest BCUT2D eigenvalue weighted by atomic mass is 10.3. The molecule has 0 radical (unpaired) electrons. The maximum absolute atomic E-state index is 12.8. The van der Waals surface area contributed by atoms with Crippen LogP contribution in [-0.2, 0) is 16.1 Å². The van der Waals surface area contributed by atoms with Crippen molar-refractivity contribution in [2.45, 2.75) is 13.0 Å². The summed E-state index contributed by atoms with van der Waals surface area (Å²) in [6.07, 6.45) is 2.60. The van der Waals surface area contributed by atoms with Crippen LogP contribution in [0.1, 0.15) is 6.42 Å². The molecule has 0 atom stereocenters. The number of para-hydroxylation sites is 2. The van der Waals surface area contributed by atoms with Crippen LogP contribution < -0.4 is 10.6 Å². The lowest BCUT2D eigenvalue weighted by Crippen LogP contribution is -2.27. The van der Waals surface area contributed by atoms with Gasteiger partial charge in [0.15, 0.2) is 0 Å². The Hall–Kier alpha value is -2.87. The maximum atomic E-state index is 12.8. The molecule has 3 aromatic rings. The molecule has 0 bridgehead atoms. The Morgan fingerprint density at radius 1 is 1.04 bits per heavy atom. The molecule has 28 heavy (non-hydrogen) atoms. The van der Waals surface area contributed by atoms with Crippen LogP contribution in [0.5, 0.6) is 0 Å². The Morgan fingerprint density at radius 2 is 1.79 bits per heavy atom. The third-order valence-electron chi connectivity index (χ3n) is 4.02. The van der Waals surface area contributed by atoms with Gasteiger partial charge in [-0.05, 0) is 42.8 Å². The van der Waals surface area contributed by atoms with Gasteiger partial charge in [-0.1, -0.05) is 12.1 Å². The molecule has 1 heterocycles.